The van der Waals surface area contributed by atoms with Crippen molar-refractivity contribution in [1.29, 1.82) is 0 Å². The van der Waals surface area contributed by atoms with Gasteiger partial charge < -0.3 is 15.7 Å². The lowest BCUT2D eigenvalue weighted by atomic mass is 9.78. The van der Waals surface area contributed by atoms with Crippen LogP contribution in [0.3, 0.4) is 0 Å². The molecule has 1 heterocycles. The van der Waals surface area contributed by atoms with Crippen LogP contribution in [0.25, 0.3) is 0 Å². The Morgan fingerprint density at radius 3 is 2.56 bits per heavy atom. The summed E-state index contributed by atoms with van der Waals surface area (Å²) in [4.78, 5) is 48.5. The maximum atomic E-state index is 13.0. The summed E-state index contributed by atoms with van der Waals surface area (Å²) in [7, 11) is 0. The van der Waals surface area contributed by atoms with Crippen molar-refractivity contribution in [1.82, 2.24) is 10.6 Å². The molecule has 1 saturated heterocycles. The number of hydrogen-bond donors (Lipinski definition) is 4. The van der Waals surface area contributed by atoms with Crippen molar-refractivity contribution in [2.24, 2.45) is 11.8 Å². The summed E-state index contributed by atoms with van der Waals surface area (Å²) in [6.45, 7) is 2.08. The van der Waals surface area contributed by atoms with Gasteiger partial charge in [0.2, 0.25) is 11.8 Å². The lowest BCUT2D eigenvalue weighted by Crippen LogP contribution is -2.41. The topological polar surface area (TPSA) is 125 Å². The van der Waals surface area contributed by atoms with Crippen molar-refractivity contribution in [2.45, 2.75) is 52.0 Å². The van der Waals surface area contributed by atoms with Crippen LogP contribution in [0.1, 0.15) is 59.2 Å². The molecule has 2 unspecified atom stereocenters. The minimum atomic E-state index is -0.354. The number of aromatic hydroxyl groups is 1. The molecule has 0 aromatic heterocycles. The van der Waals surface area contributed by atoms with Crippen molar-refractivity contribution in [2.75, 3.05) is 5.32 Å². The fourth-order valence-electron chi connectivity index (χ4n) is 4.67. The maximum absolute atomic E-state index is 13.0. The van der Waals surface area contributed by atoms with Gasteiger partial charge in [-0.05, 0) is 73.9 Å². The third-order valence-electron chi connectivity index (χ3n) is 6.69. The zero-order chi connectivity index (χ0) is 24.2. The SMILES string of the molecule is Cc1cc(NC(=O)NCc2ccc3c(c2)CCC(CCC2CCC(=O)NC2=O)C3=O)ccc1O. The number of phenolic OH excluding ortho intramolecular Hbond substituents is 1. The minimum Gasteiger partial charge on any atom is -0.508 e. The number of anilines is 1. The predicted molar refractivity (Wildman–Crippen MR) is 126 cm³/mol. The number of benzene rings is 2. The second kappa shape index (κ2) is 10.1. The van der Waals surface area contributed by atoms with E-state index in [2.05, 4.69) is 16.0 Å². The monoisotopic (exact) mass is 463 g/mol. The molecular weight excluding hydrogens is 434 g/mol. The zero-order valence-corrected chi connectivity index (χ0v) is 19.1. The van der Waals surface area contributed by atoms with Gasteiger partial charge in [-0.1, -0.05) is 18.2 Å². The van der Waals surface area contributed by atoms with Gasteiger partial charge in [-0.3, -0.25) is 19.7 Å². The quantitative estimate of drug-likeness (QED) is 0.385. The highest BCUT2D eigenvalue weighted by atomic mass is 16.3. The Labute approximate surface area is 198 Å². The fraction of sp³-hybridized carbons (Fsp3) is 0.385. The first-order valence-electron chi connectivity index (χ1n) is 11.6. The zero-order valence-electron chi connectivity index (χ0n) is 19.1. The number of carbonyl (C=O) groups excluding carboxylic acids is 4. The van der Waals surface area contributed by atoms with E-state index < -0.39 is 0 Å². The van der Waals surface area contributed by atoms with Gasteiger partial charge in [-0.15, -0.1) is 0 Å². The van der Waals surface area contributed by atoms with E-state index in [9.17, 15) is 24.3 Å². The summed E-state index contributed by atoms with van der Waals surface area (Å²) in [5.74, 6) is -0.469. The Bertz CT molecular complexity index is 1140. The van der Waals surface area contributed by atoms with Crippen LogP contribution in [-0.4, -0.2) is 28.7 Å². The average Bonchev–Trinajstić information content (AvgIpc) is 2.81. The lowest BCUT2D eigenvalue weighted by molar-refractivity contribution is -0.136. The number of amides is 4. The summed E-state index contributed by atoms with van der Waals surface area (Å²) >= 11 is 0. The molecule has 34 heavy (non-hydrogen) atoms. The maximum Gasteiger partial charge on any atom is 0.319 e. The van der Waals surface area contributed by atoms with Crippen LogP contribution in [0.15, 0.2) is 36.4 Å². The molecule has 8 nitrogen and oxygen atoms in total. The normalized spacial score (nSPS) is 19.9. The van der Waals surface area contributed by atoms with Crippen molar-refractivity contribution in [3.05, 3.63) is 58.7 Å². The van der Waals surface area contributed by atoms with Crippen LogP contribution in [0.2, 0.25) is 0 Å². The van der Waals surface area contributed by atoms with E-state index in [-0.39, 0.29) is 41.2 Å². The summed E-state index contributed by atoms with van der Waals surface area (Å²) < 4.78 is 0. The van der Waals surface area contributed by atoms with E-state index in [0.29, 0.717) is 49.0 Å². The molecule has 2 atom stereocenters. The Kier molecular flexibility index (Phi) is 6.95. The number of imide groups is 1. The van der Waals surface area contributed by atoms with Gasteiger partial charge in [0, 0.05) is 36.1 Å². The van der Waals surface area contributed by atoms with Crippen molar-refractivity contribution >= 4 is 29.3 Å². The van der Waals surface area contributed by atoms with Crippen molar-refractivity contribution in [3.8, 4) is 5.75 Å². The van der Waals surface area contributed by atoms with Gasteiger partial charge in [0.15, 0.2) is 5.78 Å². The highest BCUT2D eigenvalue weighted by Gasteiger charge is 2.31. The number of urea groups is 1. The standard InChI is InChI=1S/C26H29N3O5/c1-15-12-20(8-10-22(15)30)28-26(34)27-14-16-2-9-21-19(13-16)6-4-17(24(21)32)3-5-18-7-11-23(31)29-25(18)33/h2,8-10,12-13,17-18,30H,3-7,11,14H2,1H3,(H2,27,28,34)(H,29,31,33). The van der Waals surface area contributed by atoms with Gasteiger partial charge in [0.25, 0.3) is 0 Å². The Balaban J connectivity index is 1.30. The van der Waals surface area contributed by atoms with Crippen LogP contribution in [-0.2, 0) is 22.6 Å². The second-order valence-electron chi connectivity index (χ2n) is 9.13. The molecule has 4 amide bonds. The summed E-state index contributed by atoms with van der Waals surface area (Å²) in [5.41, 5.74) is 3.87. The molecule has 4 rings (SSSR count). The molecule has 8 heteroatoms. The van der Waals surface area contributed by atoms with Crippen molar-refractivity contribution in [3.63, 3.8) is 0 Å². The number of carbonyl (C=O) groups is 4. The van der Waals surface area contributed by atoms with E-state index in [1.165, 1.54) is 6.07 Å². The van der Waals surface area contributed by atoms with Gasteiger partial charge in [0.1, 0.15) is 5.75 Å². The molecule has 0 saturated carbocycles. The molecule has 1 fully saturated rings. The van der Waals surface area contributed by atoms with Crippen LogP contribution < -0.4 is 16.0 Å². The van der Waals surface area contributed by atoms with E-state index in [0.717, 1.165) is 24.0 Å². The largest absolute Gasteiger partial charge is 0.508 e. The van der Waals surface area contributed by atoms with Crippen LogP contribution in [0.5, 0.6) is 5.75 Å². The van der Waals surface area contributed by atoms with Crippen LogP contribution >= 0.6 is 0 Å². The van der Waals surface area contributed by atoms with E-state index in [1.807, 2.05) is 18.2 Å². The molecule has 2 aliphatic rings. The van der Waals surface area contributed by atoms with Crippen LogP contribution in [0.4, 0.5) is 10.5 Å². The number of hydrogen-bond acceptors (Lipinski definition) is 5. The first kappa shape index (κ1) is 23.5. The number of aryl methyl sites for hydroxylation is 2. The molecule has 0 radical (unpaired) electrons. The van der Waals surface area contributed by atoms with Crippen LogP contribution in [0, 0.1) is 18.8 Å². The molecule has 1 aliphatic heterocycles. The molecule has 2 aromatic rings. The van der Waals surface area contributed by atoms with Gasteiger partial charge in [0.05, 0.1) is 0 Å². The molecular formula is C26H29N3O5. The molecule has 0 bridgehead atoms. The third kappa shape index (κ3) is 5.44. The smallest absolute Gasteiger partial charge is 0.319 e. The van der Waals surface area contributed by atoms with E-state index in [1.54, 1.807) is 19.1 Å². The Morgan fingerprint density at radius 2 is 1.79 bits per heavy atom. The number of piperidine rings is 1. The van der Waals surface area contributed by atoms with Gasteiger partial charge in [-0.25, -0.2) is 4.79 Å². The Hall–Kier alpha value is -3.68. The Morgan fingerprint density at radius 1 is 1.03 bits per heavy atom. The number of phenols is 1. The highest BCUT2D eigenvalue weighted by Crippen LogP contribution is 2.31. The molecule has 4 N–H and O–H groups in total. The number of nitrogens with one attached hydrogen (secondary N) is 3. The second-order valence-corrected chi connectivity index (χ2v) is 9.13. The van der Waals surface area contributed by atoms with Gasteiger partial charge >= 0.3 is 6.03 Å². The molecule has 178 valence electrons. The van der Waals surface area contributed by atoms with Crippen molar-refractivity contribution < 1.29 is 24.3 Å². The summed E-state index contributed by atoms with van der Waals surface area (Å²) in [5, 5.41) is 17.5. The minimum absolute atomic E-state index is 0.105. The molecule has 0 spiro atoms. The van der Waals surface area contributed by atoms with Gasteiger partial charge in [-0.2, -0.15) is 0 Å². The molecule has 2 aromatic carbocycles. The average molecular weight is 464 g/mol. The first-order valence-corrected chi connectivity index (χ1v) is 11.6. The van der Waals surface area contributed by atoms with E-state index in [4.69, 9.17) is 0 Å². The number of rotatable bonds is 6. The summed E-state index contributed by atoms with van der Waals surface area (Å²) in [6.07, 6.45) is 3.68. The lowest BCUT2D eigenvalue weighted by Gasteiger charge is -2.26. The number of Topliss-reactive ketones (excluding diaryl/α,β-unsaturated/α-hetero) is 1. The highest BCUT2D eigenvalue weighted by molar-refractivity contribution is 6.00. The summed E-state index contributed by atoms with van der Waals surface area (Å²) in [6, 6.07) is 10.1. The molecule has 1 aliphatic carbocycles. The number of fused-ring (bicyclic) bond motifs is 1. The number of ketones is 1. The predicted octanol–water partition coefficient (Wildman–Crippen LogP) is 3.60. The fourth-order valence-corrected chi connectivity index (χ4v) is 4.67. The first-order chi connectivity index (χ1) is 16.3. The third-order valence-corrected chi connectivity index (χ3v) is 6.69. The van der Waals surface area contributed by atoms with E-state index >= 15 is 0 Å².